The SMILES string of the molecule is CCCC[C@H](N)C(=O)N1CCC(N2CCC[C@@H]2C)CC1. The number of rotatable bonds is 5. The van der Waals surface area contributed by atoms with Crippen LogP contribution in [0.3, 0.4) is 0 Å². The number of hydrogen-bond acceptors (Lipinski definition) is 3. The molecule has 116 valence electrons. The predicted octanol–water partition coefficient (Wildman–Crippen LogP) is 1.98. The Kier molecular flexibility index (Phi) is 5.85. The summed E-state index contributed by atoms with van der Waals surface area (Å²) in [6.07, 6.45) is 7.90. The zero-order chi connectivity index (χ0) is 14.5. The zero-order valence-corrected chi connectivity index (χ0v) is 13.2. The molecule has 2 saturated heterocycles. The minimum atomic E-state index is -0.280. The normalized spacial score (nSPS) is 26.9. The van der Waals surface area contributed by atoms with E-state index in [4.69, 9.17) is 5.73 Å². The molecule has 0 radical (unpaired) electrons. The number of carbonyl (C=O) groups is 1. The molecule has 2 rings (SSSR count). The average molecular weight is 281 g/mol. The summed E-state index contributed by atoms with van der Waals surface area (Å²) in [7, 11) is 0. The second-order valence-corrected chi connectivity index (χ2v) is 6.53. The molecular formula is C16H31N3O. The van der Waals surface area contributed by atoms with E-state index < -0.39 is 0 Å². The van der Waals surface area contributed by atoms with Crippen LogP contribution in [0.4, 0.5) is 0 Å². The van der Waals surface area contributed by atoms with E-state index in [-0.39, 0.29) is 11.9 Å². The number of hydrogen-bond donors (Lipinski definition) is 1. The molecule has 2 atom stereocenters. The molecule has 2 N–H and O–H groups in total. The number of nitrogens with two attached hydrogens (primary N) is 1. The summed E-state index contributed by atoms with van der Waals surface area (Å²) >= 11 is 0. The van der Waals surface area contributed by atoms with E-state index in [1.54, 1.807) is 0 Å². The lowest BCUT2D eigenvalue weighted by atomic mass is 10.0. The number of unbranched alkanes of at least 4 members (excludes halogenated alkanes) is 1. The van der Waals surface area contributed by atoms with Crippen molar-refractivity contribution in [3.05, 3.63) is 0 Å². The van der Waals surface area contributed by atoms with Gasteiger partial charge in [-0.2, -0.15) is 0 Å². The quantitative estimate of drug-likeness (QED) is 0.838. The van der Waals surface area contributed by atoms with Gasteiger partial charge in [0.2, 0.25) is 5.91 Å². The first kappa shape index (κ1) is 15.8. The third kappa shape index (κ3) is 3.73. The van der Waals surface area contributed by atoms with Crippen LogP contribution in [0.15, 0.2) is 0 Å². The van der Waals surface area contributed by atoms with Gasteiger partial charge in [-0.05, 0) is 45.6 Å². The van der Waals surface area contributed by atoms with Gasteiger partial charge in [0.15, 0.2) is 0 Å². The van der Waals surface area contributed by atoms with Gasteiger partial charge in [0.05, 0.1) is 6.04 Å². The summed E-state index contributed by atoms with van der Waals surface area (Å²) < 4.78 is 0. The molecule has 0 aliphatic carbocycles. The van der Waals surface area contributed by atoms with Gasteiger partial charge in [-0.1, -0.05) is 19.8 Å². The van der Waals surface area contributed by atoms with Gasteiger partial charge in [0, 0.05) is 25.2 Å². The van der Waals surface area contributed by atoms with E-state index in [0.717, 1.165) is 51.2 Å². The molecular weight excluding hydrogens is 250 g/mol. The standard InChI is InChI=1S/C16H31N3O/c1-3-4-7-15(17)16(20)18-11-8-14(9-12-18)19-10-5-6-13(19)2/h13-15H,3-12,17H2,1-2H3/t13-,15-/m0/s1. The van der Waals surface area contributed by atoms with Crippen molar-refractivity contribution in [3.8, 4) is 0 Å². The minimum absolute atomic E-state index is 0.173. The van der Waals surface area contributed by atoms with Crippen molar-refractivity contribution in [2.24, 2.45) is 5.73 Å². The molecule has 4 nitrogen and oxygen atoms in total. The van der Waals surface area contributed by atoms with Gasteiger partial charge in [0.25, 0.3) is 0 Å². The fourth-order valence-electron chi connectivity index (χ4n) is 3.70. The van der Waals surface area contributed by atoms with Crippen LogP contribution < -0.4 is 5.73 Å². The van der Waals surface area contributed by atoms with Crippen LogP contribution >= 0.6 is 0 Å². The van der Waals surface area contributed by atoms with E-state index in [9.17, 15) is 4.79 Å². The Hall–Kier alpha value is -0.610. The molecule has 0 spiro atoms. The molecule has 0 saturated carbocycles. The average Bonchev–Trinajstić information content (AvgIpc) is 2.90. The van der Waals surface area contributed by atoms with Crippen LogP contribution in [-0.4, -0.2) is 53.5 Å². The Morgan fingerprint density at radius 3 is 2.50 bits per heavy atom. The Balaban J connectivity index is 1.77. The highest BCUT2D eigenvalue weighted by atomic mass is 16.2. The monoisotopic (exact) mass is 281 g/mol. The van der Waals surface area contributed by atoms with Crippen molar-refractivity contribution in [1.82, 2.24) is 9.80 Å². The van der Waals surface area contributed by atoms with Crippen LogP contribution in [0.5, 0.6) is 0 Å². The van der Waals surface area contributed by atoms with Crippen molar-refractivity contribution < 1.29 is 4.79 Å². The molecule has 2 aliphatic rings. The molecule has 2 fully saturated rings. The van der Waals surface area contributed by atoms with Crippen molar-refractivity contribution in [2.45, 2.75) is 76.9 Å². The Bertz CT molecular complexity index is 313. The van der Waals surface area contributed by atoms with E-state index in [0.29, 0.717) is 6.04 Å². The molecule has 0 aromatic heterocycles. The molecule has 2 aliphatic heterocycles. The third-order valence-electron chi connectivity index (χ3n) is 5.04. The summed E-state index contributed by atoms with van der Waals surface area (Å²) in [5.74, 6) is 0.173. The zero-order valence-electron chi connectivity index (χ0n) is 13.2. The molecule has 2 heterocycles. The highest BCUT2D eigenvalue weighted by Gasteiger charge is 2.32. The first-order chi connectivity index (χ1) is 9.63. The van der Waals surface area contributed by atoms with Crippen LogP contribution in [0, 0.1) is 0 Å². The Morgan fingerprint density at radius 2 is 1.95 bits per heavy atom. The van der Waals surface area contributed by atoms with E-state index >= 15 is 0 Å². The first-order valence-corrected chi connectivity index (χ1v) is 8.43. The summed E-state index contributed by atoms with van der Waals surface area (Å²) in [5.41, 5.74) is 6.01. The molecule has 0 aromatic rings. The summed E-state index contributed by atoms with van der Waals surface area (Å²) in [4.78, 5) is 16.9. The van der Waals surface area contributed by atoms with Crippen molar-refractivity contribution in [2.75, 3.05) is 19.6 Å². The van der Waals surface area contributed by atoms with Gasteiger partial charge < -0.3 is 10.6 Å². The predicted molar refractivity (Wildman–Crippen MR) is 82.5 cm³/mol. The van der Waals surface area contributed by atoms with E-state index in [2.05, 4.69) is 18.7 Å². The van der Waals surface area contributed by atoms with Gasteiger partial charge in [0.1, 0.15) is 0 Å². The lowest BCUT2D eigenvalue weighted by Gasteiger charge is -2.39. The van der Waals surface area contributed by atoms with E-state index in [1.807, 2.05) is 4.90 Å². The van der Waals surface area contributed by atoms with Gasteiger partial charge in [-0.25, -0.2) is 0 Å². The van der Waals surface area contributed by atoms with Crippen molar-refractivity contribution in [3.63, 3.8) is 0 Å². The third-order valence-corrected chi connectivity index (χ3v) is 5.04. The second kappa shape index (κ2) is 7.41. The fraction of sp³-hybridized carbons (Fsp3) is 0.938. The largest absolute Gasteiger partial charge is 0.341 e. The fourth-order valence-corrected chi connectivity index (χ4v) is 3.70. The smallest absolute Gasteiger partial charge is 0.239 e. The summed E-state index contributed by atoms with van der Waals surface area (Å²) in [6.45, 7) is 7.51. The minimum Gasteiger partial charge on any atom is -0.341 e. The molecule has 0 unspecified atom stereocenters. The molecule has 20 heavy (non-hydrogen) atoms. The summed E-state index contributed by atoms with van der Waals surface area (Å²) in [6, 6.07) is 1.13. The van der Waals surface area contributed by atoms with Gasteiger partial charge >= 0.3 is 0 Å². The lowest BCUT2D eigenvalue weighted by molar-refractivity contribution is -0.134. The molecule has 4 heteroatoms. The topological polar surface area (TPSA) is 49.6 Å². The number of likely N-dealkylation sites (tertiary alicyclic amines) is 2. The van der Waals surface area contributed by atoms with Crippen LogP contribution in [0.25, 0.3) is 0 Å². The number of piperidine rings is 1. The highest BCUT2D eigenvalue weighted by molar-refractivity contribution is 5.81. The molecule has 0 bridgehead atoms. The highest BCUT2D eigenvalue weighted by Crippen LogP contribution is 2.25. The summed E-state index contributed by atoms with van der Waals surface area (Å²) in [5, 5.41) is 0. The maximum absolute atomic E-state index is 12.3. The second-order valence-electron chi connectivity index (χ2n) is 6.53. The number of carbonyl (C=O) groups excluding carboxylic acids is 1. The molecule has 1 amide bonds. The van der Waals surface area contributed by atoms with Gasteiger partial charge in [-0.3, -0.25) is 9.69 Å². The Morgan fingerprint density at radius 1 is 1.25 bits per heavy atom. The van der Waals surface area contributed by atoms with Crippen molar-refractivity contribution >= 4 is 5.91 Å². The number of nitrogens with zero attached hydrogens (tertiary/aromatic N) is 2. The molecule has 0 aromatic carbocycles. The Labute approximate surface area is 123 Å². The maximum Gasteiger partial charge on any atom is 0.239 e. The first-order valence-electron chi connectivity index (χ1n) is 8.43. The van der Waals surface area contributed by atoms with Crippen LogP contribution in [0.1, 0.15) is 58.8 Å². The maximum atomic E-state index is 12.3. The van der Waals surface area contributed by atoms with Crippen LogP contribution in [0.2, 0.25) is 0 Å². The van der Waals surface area contributed by atoms with E-state index in [1.165, 1.54) is 19.4 Å². The van der Waals surface area contributed by atoms with Gasteiger partial charge in [-0.15, -0.1) is 0 Å². The van der Waals surface area contributed by atoms with Crippen LogP contribution in [-0.2, 0) is 4.79 Å². The lowest BCUT2D eigenvalue weighted by Crippen LogP contribution is -2.51. The van der Waals surface area contributed by atoms with Crippen molar-refractivity contribution in [1.29, 1.82) is 0 Å². The number of amides is 1.